The second-order valence-electron chi connectivity index (χ2n) is 5.22. The average Bonchev–Trinajstić information content (AvgIpc) is 2.54. The topological polar surface area (TPSA) is 43.2 Å². The monoisotopic (exact) mass is 300 g/mol. The van der Waals surface area contributed by atoms with Crippen LogP contribution >= 0.6 is 11.6 Å². The lowest BCUT2D eigenvalue weighted by atomic mass is 10.1. The van der Waals surface area contributed by atoms with Crippen molar-refractivity contribution < 1.29 is 0 Å². The molecule has 0 bridgehead atoms. The molecule has 0 amide bonds. The zero-order valence-corrected chi connectivity index (χ0v) is 12.8. The van der Waals surface area contributed by atoms with E-state index in [9.17, 15) is 5.26 Å². The Balaban J connectivity index is 1.97. The molecule has 4 nitrogen and oxygen atoms in total. The van der Waals surface area contributed by atoms with Gasteiger partial charge in [0.25, 0.3) is 0 Å². The van der Waals surface area contributed by atoms with E-state index in [0.717, 1.165) is 49.4 Å². The van der Waals surface area contributed by atoms with Crippen LogP contribution in [0, 0.1) is 11.3 Å². The van der Waals surface area contributed by atoms with Crippen LogP contribution in [0.1, 0.15) is 12.5 Å². The molecule has 3 rings (SSSR count). The molecule has 2 heterocycles. The van der Waals surface area contributed by atoms with Crippen molar-refractivity contribution in [3.63, 3.8) is 0 Å². The smallest absolute Gasteiger partial charge is 0.130 e. The van der Waals surface area contributed by atoms with Gasteiger partial charge < -0.3 is 9.80 Å². The average molecular weight is 301 g/mol. The Labute approximate surface area is 129 Å². The lowest BCUT2D eigenvalue weighted by Gasteiger charge is -2.34. The van der Waals surface area contributed by atoms with Gasteiger partial charge in [0.2, 0.25) is 0 Å². The first-order valence-electron chi connectivity index (χ1n) is 7.19. The third kappa shape index (κ3) is 2.80. The molecule has 0 radical (unpaired) electrons. The molecule has 1 aliphatic heterocycles. The number of halogens is 1. The molecule has 108 valence electrons. The summed E-state index contributed by atoms with van der Waals surface area (Å²) >= 11 is 6.01. The van der Waals surface area contributed by atoms with Crippen molar-refractivity contribution in [3.05, 3.63) is 34.9 Å². The van der Waals surface area contributed by atoms with Crippen LogP contribution in [0.15, 0.2) is 24.3 Å². The van der Waals surface area contributed by atoms with E-state index in [1.807, 2.05) is 18.2 Å². The minimum Gasteiger partial charge on any atom is -0.354 e. The highest BCUT2D eigenvalue weighted by Crippen LogP contribution is 2.25. The molecule has 1 aliphatic rings. The Morgan fingerprint density at radius 1 is 1.24 bits per heavy atom. The lowest BCUT2D eigenvalue weighted by Crippen LogP contribution is -2.46. The molecular formula is C16H17ClN4. The highest BCUT2D eigenvalue weighted by Gasteiger charge is 2.18. The van der Waals surface area contributed by atoms with Gasteiger partial charge in [-0.05, 0) is 30.8 Å². The highest BCUT2D eigenvalue weighted by atomic mass is 35.5. The number of hydrogen-bond acceptors (Lipinski definition) is 4. The summed E-state index contributed by atoms with van der Waals surface area (Å²) in [6.07, 6.45) is 0. The number of rotatable bonds is 2. The fourth-order valence-corrected chi connectivity index (χ4v) is 2.90. The fraction of sp³-hybridized carbons (Fsp3) is 0.375. The predicted octanol–water partition coefficient (Wildman–Crippen LogP) is 2.90. The van der Waals surface area contributed by atoms with Gasteiger partial charge in [-0.1, -0.05) is 18.5 Å². The number of nitriles is 1. The van der Waals surface area contributed by atoms with Crippen molar-refractivity contribution in [3.8, 4) is 6.07 Å². The van der Waals surface area contributed by atoms with Crippen molar-refractivity contribution in [1.29, 1.82) is 5.26 Å². The van der Waals surface area contributed by atoms with Crippen molar-refractivity contribution in [2.75, 3.05) is 37.6 Å². The number of likely N-dealkylation sites (N-methyl/N-ethyl adjacent to an activating group) is 1. The van der Waals surface area contributed by atoms with Crippen molar-refractivity contribution in [1.82, 2.24) is 9.88 Å². The summed E-state index contributed by atoms with van der Waals surface area (Å²) < 4.78 is 0. The van der Waals surface area contributed by atoms with Crippen molar-refractivity contribution >= 4 is 28.3 Å². The molecule has 0 N–H and O–H groups in total. The van der Waals surface area contributed by atoms with Crippen LogP contribution in [0.4, 0.5) is 5.82 Å². The molecule has 0 atom stereocenters. The minimum absolute atomic E-state index is 0.630. The van der Waals surface area contributed by atoms with Gasteiger partial charge in [-0.2, -0.15) is 5.26 Å². The maximum atomic E-state index is 9.38. The number of hydrogen-bond donors (Lipinski definition) is 0. The summed E-state index contributed by atoms with van der Waals surface area (Å²) in [7, 11) is 0. The summed E-state index contributed by atoms with van der Waals surface area (Å²) in [5, 5.41) is 10.8. The summed E-state index contributed by atoms with van der Waals surface area (Å²) in [6.45, 7) is 7.25. The van der Waals surface area contributed by atoms with E-state index in [1.165, 1.54) is 0 Å². The second-order valence-corrected chi connectivity index (χ2v) is 5.66. The standard InChI is InChI=1S/C16H17ClN4/c1-2-20-5-7-21(8-6-20)16-9-12(11-18)14-10-13(17)3-4-15(14)19-16/h3-4,9-10H,2,5-8H2,1H3. The van der Waals surface area contributed by atoms with E-state index in [1.54, 1.807) is 6.07 Å². The van der Waals surface area contributed by atoms with Gasteiger partial charge >= 0.3 is 0 Å². The normalized spacial score (nSPS) is 16.1. The maximum absolute atomic E-state index is 9.38. The molecule has 1 aromatic carbocycles. The molecule has 1 aromatic heterocycles. The van der Waals surface area contributed by atoms with Crippen LogP contribution < -0.4 is 4.90 Å². The van der Waals surface area contributed by atoms with Crippen LogP contribution in [0.5, 0.6) is 0 Å². The summed E-state index contributed by atoms with van der Waals surface area (Å²) in [5.41, 5.74) is 1.46. The zero-order valence-electron chi connectivity index (χ0n) is 12.0. The van der Waals surface area contributed by atoms with Crippen LogP contribution in [0.3, 0.4) is 0 Å². The predicted molar refractivity (Wildman–Crippen MR) is 85.8 cm³/mol. The first-order valence-corrected chi connectivity index (χ1v) is 7.57. The van der Waals surface area contributed by atoms with Gasteiger partial charge in [0, 0.05) is 36.6 Å². The van der Waals surface area contributed by atoms with Crippen molar-refractivity contribution in [2.24, 2.45) is 0 Å². The number of aromatic nitrogens is 1. The first kappa shape index (κ1) is 14.1. The number of anilines is 1. The molecular weight excluding hydrogens is 284 g/mol. The molecule has 0 aliphatic carbocycles. The quantitative estimate of drug-likeness (QED) is 0.855. The maximum Gasteiger partial charge on any atom is 0.130 e. The molecule has 21 heavy (non-hydrogen) atoms. The Kier molecular flexibility index (Phi) is 3.96. The van der Waals surface area contributed by atoms with Crippen molar-refractivity contribution in [2.45, 2.75) is 6.92 Å². The summed E-state index contributed by atoms with van der Waals surface area (Å²) in [4.78, 5) is 9.37. The molecule has 0 unspecified atom stereocenters. The Bertz CT molecular complexity index is 699. The van der Waals surface area contributed by atoms with Gasteiger partial charge in [0.05, 0.1) is 17.1 Å². The second kappa shape index (κ2) is 5.88. The highest BCUT2D eigenvalue weighted by molar-refractivity contribution is 6.31. The zero-order chi connectivity index (χ0) is 14.8. The molecule has 1 fully saturated rings. The van der Waals surface area contributed by atoms with E-state index >= 15 is 0 Å². The summed E-state index contributed by atoms with van der Waals surface area (Å²) in [5.74, 6) is 0.886. The molecule has 2 aromatic rings. The first-order chi connectivity index (χ1) is 10.2. The van der Waals surface area contributed by atoms with E-state index in [0.29, 0.717) is 10.6 Å². The summed E-state index contributed by atoms with van der Waals surface area (Å²) in [6, 6.07) is 9.64. The molecule has 0 spiro atoms. The Hall–Kier alpha value is -1.83. The molecule has 0 saturated carbocycles. The van der Waals surface area contributed by atoms with Gasteiger partial charge in [-0.15, -0.1) is 0 Å². The number of pyridine rings is 1. The van der Waals surface area contributed by atoms with Gasteiger partial charge in [-0.25, -0.2) is 4.98 Å². The largest absolute Gasteiger partial charge is 0.354 e. The Morgan fingerprint density at radius 2 is 2.00 bits per heavy atom. The van der Waals surface area contributed by atoms with Crippen LogP contribution in [-0.2, 0) is 0 Å². The third-order valence-corrected chi connectivity index (χ3v) is 4.26. The van der Waals surface area contributed by atoms with E-state index in [-0.39, 0.29) is 0 Å². The number of nitrogens with zero attached hydrogens (tertiary/aromatic N) is 4. The van der Waals surface area contributed by atoms with E-state index in [2.05, 4.69) is 22.8 Å². The van der Waals surface area contributed by atoms with Crippen LogP contribution in [0.25, 0.3) is 10.9 Å². The van der Waals surface area contributed by atoms with E-state index in [4.69, 9.17) is 16.6 Å². The van der Waals surface area contributed by atoms with E-state index < -0.39 is 0 Å². The number of benzene rings is 1. The van der Waals surface area contributed by atoms with Gasteiger partial charge in [0.1, 0.15) is 5.82 Å². The lowest BCUT2D eigenvalue weighted by molar-refractivity contribution is 0.270. The number of piperazine rings is 1. The Morgan fingerprint density at radius 3 is 2.67 bits per heavy atom. The fourth-order valence-electron chi connectivity index (χ4n) is 2.73. The van der Waals surface area contributed by atoms with Crippen LogP contribution in [-0.4, -0.2) is 42.6 Å². The van der Waals surface area contributed by atoms with Gasteiger partial charge in [-0.3, -0.25) is 0 Å². The van der Waals surface area contributed by atoms with Crippen LogP contribution in [0.2, 0.25) is 5.02 Å². The molecule has 1 saturated heterocycles. The SMILES string of the molecule is CCN1CCN(c2cc(C#N)c3cc(Cl)ccc3n2)CC1. The minimum atomic E-state index is 0.630. The van der Waals surface area contributed by atoms with Gasteiger partial charge in [0.15, 0.2) is 0 Å². The number of fused-ring (bicyclic) bond motifs is 1. The third-order valence-electron chi connectivity index (χ3n) is 4.02. The molecule has 5 heteroatoms.